The standard InChI is InChI=1S/C27H27F3N4O2/c1-17-21(13-23(35)20-5-3-4-18(12-20)14-31)15-32-26-25(17)22(16-33(26)2)19-7-10-34(11-8-19)24(36)6-9-27(28,29)30/h3-5,12,15-16,19H,6-11,13H2,1-2H3. The predicted octanol–water partition coefficient (Wildman–Crippen LogP) is 5.23. The zero-order valence-corrected chi connectivity index (χ0v) is 20.2. The number of aromatic nitrogens is 2. The third-order valence-electron chi connectivity index (χ3n) is 6.95. The lowest BCUT2D eigenvalue weighted by Gasteiger charge is -2.32. The average Bonchev–Trinajstić information content (AvgIpc) is 3.20. The number of rotatable bonds is 6. The molecule has 1 aromatic carbocycles. The minimum absolute atomic E-state index is 0.0977. The fourth-order valence-corrected chi connectivity index (χ4v) is 4.95. The number of nitrogens with zero attached hydrogens (tertiary/aromatic N) is 4. The minimum atomic E-state index is -4.33. The van der Waals surface area contributed by atoms with Crippen LogP contribution in [0.5, 0.6) is 0 Å². The van der Waals surface area contributed by atoms with Crippen molar-refractivity contribution in [2.24, 2.45) is 7.05 Å². The quantitative estimate of drug-likeness (QED) is 0.438. The first-order valence-electron chi connectivity index (χ1n) is 11.9. The number of fused-ring (bicyclic) bond motifs is 1. The number of Topliss-reactive ketones (excluding diaryl/α,β-unsaturated/α-hetero) is 1. The number of nitriles is 1. The third kappa shape index (κ3) is 5.43. The first-order valence-corrected chi connectivity index (χ1v) is 11.9. The van der Waals surface area contributed by atoms with Crippen molar-refractivity contribution in [3.8, 4) is 6.07 Å². The van der Waals surface area contributed by atoms with Gasteiger partial charge in [0.05, 0.1) is 18.1 Å². The Hall–Kier alpha value is -3.67. The molecule has 0 spiro atoms. The number of pyridine rings is 1. The number of piperidine rings is 1. The normalized spacial score (nSPS) is 14.7. The van der Waals surface area contributed by atoms with Crippen LogP contribution in [-0.2, 0) is 18.3 Å². The number of carbonyl (C=O) groups excluding carboxylic acids is 2. The monoisotopic (exact) mass is 496 g/mol. The van der Waals surface area contributed by atoms with Crippen LogP contribution in [0.1, 0.15) is 64.2 Å². The maximum Gasteiger partial charge on any atom is 0.389 e. The molecule has 0 atom stereocenters. The number of aryl methyl sites for hydroxylation is 2. The second-order valence-corrected chi connectivity index (χ2v) is 9.37. The van der Waals surface area contributed by atoms with E-state index in [9.17, 15) is 22.8 Å². The van der Waals surface area contributed by atoms with Crippen molar-refractivity contribution in [1.82, 2.24) is 14.5 Å². The van der Waals surface area contributed by atoms with Crippen molar-refractivity contribution in [2.45, 2.75) is 51.1 Å². The zero-order chi connectivity index (χ0) is 26.0. The molecule has 9 heteroatoms. The van der Waals surface area contributed by atoms with Crippen molar-refractivity contribution in [2.75, 3.05) is 13.1 Å². The van der Waals surface area contributed by atoms with Crippen molar-refractivity contribution in [1.29, 1.82) is 5.26 Å². The molecule has 1 aliphatic rings. The van der Waals surface area contributed by atoms with Gasteiger partial charge in [-0.1, -0.05) is 12.1 Å². The van der Waals surface area contributed by atoms with Crippen LogP contribution in [0.25, 0.3) is 11.0 Å². The molecule has 1 saturated heterocycles. The topological polar surface area (TPSA) is 79.0 Å². The molecule has 0 aliphatic carbocycles. The average molecular weight is 497 g/mol. The number of hydrogen-bond donors (Lipinski definition) is 0. The van der Waals surface area contributed by atoms with Crippen molar-refractivity contribution < 1.29 is 22.8 Å². The van der Waals surface area contributed by atoms with Gasteiger partial charge in [0.2, 0.25) is 5.91 Å². The smallest absolute Gasteiger partial charge is 0.343 e. The molecule has 0 bridgehead atoms. The third-order valence-corrected chi connectivity index (χ3v) is 6.95. The number of amides is 1. The molecule has 0 radical (unpaired) electrons. The Morgan fingerprint density at radius 2 is 1.94 bits per heavy atom. The minimum Gasteiger partial charge on any atom is -0.343 e. The lowest BCUT2D eigenvalue weighted by Crippen LogP contribution is -2.38. The van der Waals surface area contributed by atoms with E-state index in [0.717, 1.165) is 27.7 Å². The van der Waals surface area contributed by atoms with Gasteiger partial charge in [-0.25, -0.2) is 4.98 Å². The molecule has 188 valence electrons. The van der Waals surface area contributed by atoms with Gasteiger partial charge in [0.15, 0.2) is 5.78 Å². The summed E-state index contributed by atoms with van der Waals surface area (Å²) < 4.78 is 39.4. The number of likely N-dealkylation sites (tertiary alicyclic amines) is 1. The Kier molecular flexibility index (Phi) is 7.16. The highest BCUT2D eigenvalue weighted by molar-refractivity contribution is 5.98. The van der Waals surface area contributed by atoms with Gasteiger partial charge in [0, 0.05) is 56.3 Å². The second-order valence-electron chi connectivity index (χ2n) is 9.37. The Morgan fingerprint density at radius 1 is 1.22 bits per heavy atom. The molecule has 0 unspecified atom stereocenters. The number of halogens is 3. The van der Waals surface area contributed by atoms with Crippen LogP contribution >= 0.6 is 0 Å². The van der Waals surface area contributed by atoms with Crippen LogP contribution in [0.4, 0.5) is 13.2 Å². The highest BCUT2D eigenvalue weighted by Gasteiger charge is 2.31. The summed E-state index contributed by atoms with van der Waals surface area (Å²) in [6.45, 7) is 2.80. The Morgan fingerprint density at radius 3 is 2.61 bits per heavy atom. The van der Waals surface area contributed by atoms with E-state index in [-0.39, 0.29) is 18.1 Å². The van der Waals surface area contributed by atoms with Gasteiger partial charge >= 0.3 is 6.18 Å². The molecule has 36 heavy (non-hydrogen) atoms. The zero-order valence-electron chi connectivity index (χ0n) is 20.2. The molecular weight excluding hydrogens is 469 g/mol. The number of carbonyl (C=O) groups is 2. The SMILES string of the molecule is Cc1c(CC(=O)c2cccc(C#N)c2)cnc2c1c(C1CCN(C(=O)CCC(F)(F)F)CC1)cn2C. The maximum absolute atomic E-state index is 12.9. The van der Waals surface area contributed by atoms with E-state index < -0.39 is 24.9 Å². The maximum atomic E-state index is 12.9. The number of ketones is 1. The molecule has 3 heterocycles. The van der Waals surface area contributed by atoms with Crippen LogP contribution in [0.15, 0.2) is 36.7 Å². The first kappa shape index (κ1) is 25.4. The Labute approximate surface area is 207 Å². The summed E-state index contributed by atoms with van der Waals surface area (Å²) in [5.74, 6) is -0.415. The van der Waals surface area contributed by atoms with E-state index in [1.807, 2.05) is 30.8 Å². The summed E-state index contributed by atoms with van der Waals surface area (Å²) >= 11 is 0. The molecule has 1 amide bonds. The van der Waals surface area contributed by atoms with Gasteiger partial charge in [-0.15, -0.1) is 0 Å². The van der Waals surface area contributed by atoms with Crippen molar-refractivity contribution in [3.05, 3.63) is 64.5 Å². The van der Waals surface area contributed by atoms with E-state index >= 15 is 0 Å². The Bertz CT molecular complexity index is 1350. The van der Waals surface area contributed by atoms with Crippen LogP contribution in [0, 0.1) is 18.3 Å². The molecule has 1 fully saturated rings. The molecule has 6 nitrogen and oxygen atoms in total. The largest absolute Gasteiger partial charge is 0.389 e. The molecule has 0 N–H and O–H groups in total. The van der Waals surface area contributed by atoms with E-state index in [1.165, 1.54) is 4.90 Å². The number of hydrogen-bond acceptors (Lipinski definition) is 4. The molecular formula is C27H27F3N4O2. The molecule has 4 rings (SSSR count). The fourth-order valence-electron chi connectivity index (χ4n) is 4.95. The number of benzene rings is 1. The lowest BCUT2D eigenvalue weighted by molar-refractivity contribution is -0.149. The summed E-state index contributed by atoms with van der Waals surface area (Å²) in [5.41, 5.74) is 4.56. The van der Waals surface area contributed by atoms with Gasteiger partial charge < -0.3 is 9.47 Å². The van der Waals surface area contributed by atoms with Gasteiger partial charge in [-0.2, -0.15) is 18.4 Å². The fraction of sp³-hybridized carbons (Fsp3) is 0.407. The van der Waals surface area contributed by atoms with Gasteiger partial charge in [0.25, 0.3) is 0 Å². The summed E-state index contributed by atoms with van der Waals surface area (Å²) in [7, 11) is 1.91. The van der Waals surface area contributed by atoms with E-state index in [4.69, 9.17) is 5.26 Å². The lowest BCUT2D eigenvalue weighted by atomic mass is 9.87. The second kappa shape index (κ2) is 10.1. The summed E-state index contributed by atoms with van der Waals surface area (Å²) in [6, 6.07) is 8.68. The molecule has 0 saturated carbocycles. The predicted molar refractivity (Wildman–Crippen MR) is 128 cm³/mol. The van der Waals surface area contributed by atoms with Crippen LogP contribution in [0.3, 0.4) is 0 Å². The van der Waals surface area contributed by atoms with Crippen molar-refractivity contribution in [3.63, 3.8) is 0 Å². The van der Waals surface area contributed by atoms with E-state index in [2.05, 4.69) is 4.98 Å². The van der Waals surface area contributed by atoms with Gasteiger partial charge in [0.1, 0.15) is 5.65 Å². The van der Waals surface area contributed by atoms with Gasteiger partial charge in [-0.3, -0.25) is 9.59 Å². The summed E-state index contributed by atoms with van der Waals surface area (Å²) in [4.78, 5) is 31.3. The van der Waals surface area contributed by atoms with Crippen LogP contribution < -0.4 is 0 Å². The highest BCUT2D eigenvalue weighted by atomic mass is 19.4. The highest BCUT2D eigenvalue weighted by Crippen LogP contribution is 2.36. The molecule has 2 aromatic heterocycles. The van der Waals surface area contributed by atoms with Crippen LogP contribution in [-0.4, -0.2) is 45.4 Å². The van der Waals surface area contributed by atoms with Crippen molar-refractivity contribution >= 4 is 22.7 Å². The number of alkyl halides is 3. The van der Waals surface area contributed by atoms with Crippen LogP contribution in [0.2, 0.25) is 0 Å². The first-order chi connectivity index (χ1) is 17.1. The van der Waals surface area contributed by atoms with E-state index in [1.54, 1.807) is 30.5 Å². The molecule has 1 aliphatic heterocycles. The summed E-state index contributed by atoms with van der Waals surface area (Å²) in [6.07, 6.45) is -0.736. The van der Waals surface area contributed by atoms with Gasteiger partial charge in [-0.05, 0) is 54.5 Å². The summed E-state index contributed by atoms with van der Waals surface area (Å²) in [5, 5.41) is 10.1. The Balaban J connectivity index is 1.53. The van der Waals surface area contributed by atoms with E-state index in [0.29, 0.717) is 37.1 Å². The molecule has 3 aromatic rings.